The van der Waals surface area contributed by atoms with Gasteiger partial charge < -0.3 is 9.30 Å². The molecular formula is C12H20N2O4S. The largest absolute Gasteiger partial charge is 0.464 e. The van der Waals surface area contributed by atoms with Gasteiger partial charge in [0.2, 0.25) is 10.0 Å². The number of carbonyl (C=O) groups excluding carboxylic acids is 1. The van der Waals surface area contributed by atoms with Crippen molar-refractivity contribution in [1.82, 2.24) is 9.29 Å². The van der Waals surface area contributed by atoms with E-state index in [1.165, 1.54) is 17.7 Å². The fourth-order valence-electron chi connectivity index (χ4n) is 1.66. The number of aromatic nitrogens is 1. The Balaban J connectivity index is 3.25. The molecule has 1 N–H and O–H groups in total. The number of methoxy groups -OCH3 is 1. The van der Waals surface area contributed by atoms with E-state index in [2.05, 4.69) is 9.46 Å². The standard InChI is InChI=1S/C12H20N2O4S/c1-6-8(2)13-19(16,17)11-7-10(12(15)18-5)14(4)9(11)3/h7-8,13H,6H2,1-5H3/t8-/m0/s1. The molecule has 0 aliphatic carbocycles. The van der Waals surface area contributed by atoms with Crippen LogP contribution in [0.25, 0.3) is 0 Å². The first kappa shape index (κ1) is 15.7. The minimum Gasteiger partial charge on any atom is -0.464 e. The summed E-state index contributed by atoms with van der Waals surface area (Å²) in [7, 11) is -0.735. The maximum Gasteiger partial charge on any atom is 0.354 e. The molecule has 0 saturated heterocycles. The van der Waals surface area contributed by atoms with Gasteiger partial charge in [-0.1, -0.05) is 6.92 Å². The lowest BCUT2D eigenvalue weighted by Crippen LogP contribution is -2.32. The molecule has 0 aliphatic heterocycles. The molecule has 0 aromatic carbocycles. The first-order valence-electron chi connectivity index (χ1n) is 6.01. The van der Waals surface area contributed by atoms with E-state index >= 15 is 0 Å². The van der Waals surface area contributed by atoms with Gasteiger partial charge in [0.1, 0.15) is 10.6 Å². The lowest BCUT2D eigenvalue weighted by Gasteiger charge is -2.11. The van der Waals surface area contributed by atoms with E-state index in [4.69, 9.17) is 0 Å². The minimum atomic E-state index is -3.62. The summed E-state index contributed by atoms with van der Waals surface area (Å²) in [5.41, 5.74) is 0.709. The predicted octanol–water partition coefficient (Wildman–Crippen LogP) is 1.20. The van der Waals surface area contributed by atoms with Crippen molar-refractivity contribution in [3.05, 3.63) is 17.5 Å². The molecule has 1 atom stereocenters. The second kappa shape index (κ2) is 5.75. The summed E-state index contributed by atoms with van der Waals surface area (Å²) in [5.74, 6) is -0.560. The molecule has 1 heterocycles. The van der Waals surface area contributed by atoms with Crippen molar-refractivity contribution in [2.75, 3.05) is 7.11 Å². The Kier molecular flexibility index (Phi) is 4.75. The summed E-state index contributed by atoms with van der Waals surface area (Å²) in [6.45, 7) is 5.33. The van der Waals surface area contributed by atoms with Gasteiger partial charge >= 0.3 is 5.97 Å². The summed E-state index contributed by atoms with van der Waals surface area (Å²) >= 11 is 0. The highest BCUT2D eigenvalue weighted by atomic mass is 32.2. The molecule has 19 heavy (non-hydrogen) atoms. The average molecular weight is 288 g/mol. The second-order valence-electron chi connectivity index (χ2n) is 4.46. The Hall–Kier alpha value is -1.34. The lowest BCUT2D eigenvalue weighted by molar-refractivity contribution is 0.0589. The van der Waals surface area contributed by atoms with Crippen LogP contribution < -0.4 is 4.72 Å². The van der Waals surface area contributed by atoms with Gasteiger partial charge in [0.05, 0.1) is 7.11 Å². The molecule has 1 aromatic heterocycles. The van der Waals surface area contributed by atoms with Gasteiger partial charge in [-0.25, -0.2) is 17.9 Å². The molecule has 0 saturated carbocycles. The molecule has 108 valence electrons. The van der Waals surface area contributed by atoms with Gasteiger partial charge in [-0.05, 0) is 26.3 Å². The fourth-order valence-corrected chi connectivity index (χ4v) is 3.27. The van der Waals surface area contributed by atoms with E-state index in [0.717, 1.165) is 0 Å². The van der Waals surface area contributed by atoms with Gasteiger partial charge in [0.15, 0.2) is 0 Å². The number of hydrogen-bond acceptors (Lipinski definition) is 4. The van der Waals surface area contributed by atoms with Crippen molar-refractivity contribution in [1.29, 1.82) is 0 Å². The maximum absolute atomic E-state index is 12.2. The zero-order chi connectivity index (χ0) is 14.8. The van der Waals surface area contributed by atoms with E-state index in [-0.39, 0.29) is 16.6 Å². The Labute approximate surface area is 113 Å². The third-order valence-corrected chi connectivity index (χ3v) is 4.85. The molecule has 0 radical (unpaired) electrons. The van der Waals surface area contributed by atoms with Crippen LogP contribution in [0.5, 0.6) is 0 Å². The van der Waals surface area contributed by atoms with Crippen LogP contribution >= 0.6 is 0 Å². The maximum atomic E-state index is 12.2. The summed E-state index contributed by atoms with van der Waals surface area (Å²) in [5, 5.41) is 0. The summed E-state index contributed by atoms with van der Waals surface area (Å²) in [6.07, 6.45) is 0.689. The normalized spacial score (nSPS) is 13.3. The monoisotopic (exact) mass is 288 g/mol. The number of sulfonamides is 1. The summed E-state index contributed by atoms with van der Waals surface area (Å²) in [6, 6.07) is 1.18. The van der Waals surface area contributed by atoms with E-state index < -0.39 is 16.0 Å². The number of esters is 1. The Bertz CT molecular complexity index is 575. The van der Waals surface area contributed by atoms with Crippen molar-refractivity contribution in [3.8, 4) is 0 Å². The highest BCUT2D eigenvalue weighted by Crippen LogP contribution is 2.20. The van der Waals surface area contributed by atoms with Crippen LogP contribution in [0.1, 0.15) is 36.5 Å². The first-order valence-corrected chi connectivity index (χ1v) is 7.49. The van der Waals surface area contributed by atoms with Gasteiger partial charge in [-0.3, -0.25) is 0 Å². The molecule has 0 fully saturated rings. The number of nitrogens with one attached hydrogen (secondary N) is 1. The van der Waals surface area contributed by atoms with Crippen LogP contribution in [0.4, 0.5) is 0 Å². The highest BCUT2D eigenvalue weighted by molar-refractivity contribution is 7.89. The zero-order valence-corrected chi connectivity index (χ0v) is 12.7. The topological polar surface area (TPSA) is 77.4 Å². The van der Waals surface area contributed by atoms with Crippen molar-refractivity contribution in [2.45, 2.75) is 38.1 Å². The van der Waals surface area contributed by atoms with E-state index in [9.17, 15) is 13.2 Å². The highest BCUT2D eigenvalue weighted by Gasteiger charge is 2.25. The van der Waals surface area contributed by atoms with Gasteiger partial charge in [-0.2, -0.15) is 0 Å². The Morgan fingerprint density at radius 1 is 1.53 bits per heavy atom. The van der Waals surface area contributed by atoms with E-state index in [1.54, 1.807) is 20.9 Å². The molecule has 0 aliphatic rings. The van der Waals surface area contributed by atoms with E-state index in [0.29, 0.717) is 12.1 Å². The minimum absolute atomic E-state index is 0.107. The van der Waals surface area contributed by atoms with Crippen LogP contribution in [-0.4, -0.2) is 32.1 Å². The fraction of sp³-hybridized carbons (Fsp3) is 0.583. The third kappa shape index (κ3) is 3.16. The number of ether oxygens (including phenoxy) is 1. The molecular weight excluding hydrogens is 268 g/mol. The van der Waals surface area contributed by atoms with Gasteiger partial charge in [0.25, 0.3) is 0 Å². The van der Waals surface area contributed by atoms with Crippen molar-refractivity contribution in [3.63, 3.8) is 0 Å². The van der Waals surface area contributed by atoms with Gasteiger partial charge in [-0.15, -0.1) is 0 Å². The average Bonchev–Trinajstić information content (AvgIpc) is 2.65. The van der Waals surface area contributed by atoms with Crippen molar-refractivity contribution in [2.24, 2.45) is 7.05 Å². The third-order valence-electron chi connectivity index (χ3n) is 3.14. The molecule has 0 bridgehead atoms. The van der Waals surface area contributed by atoms with Crippen LogP contribution in [0.15, 0.2) is 11.0 Å². The molecule has 0 amide bonds. The van der Waals surface area contributed by atoms with Crippen LogP contribution in [0.3, 0.4) is 0 Å². The molecule has 1 rings (SSSR count). The number of carbonyl (C=O) groups is 1. The molecule has 7 heteroatoms. The molecule has 1 aromatic rings. The first-order chi connectivity index (χ1) is 8.74. The number of hydrogen-bond donors (Lipinski definition) is 1. The summed E-state index contributed by atoms with van der Waals surface area (Å²) < 4.78 is 33.1. The van der Waals surface area contributed by atoms with Crippen LogP contribution in [0.2, 0.25) is 0 Å². The number of rotatable bonds is 5. The molecule has 0 unspecified atom stereocenters. The Morgan fingerprint density at radius 2 is 2.11 bits per heavy atom. The van der Waals surface area contributed by atoms with Crippen molar-refractivity contribution < 1.29 is 17.9 Å². The van der Waals surface area contributed by atoms with Crippen LogP contribution in [-0.2, 0) is 21.8 Å². The SMILES string of the molecule is CC[C@H](C)NS(=O)(=O)c1cc(C(=O)OC)n(C)c1C. The predicted molar refractivity (Wildman–Crippen MR) is 71.6 cm³/mol. The zero-order valence-electron chi connectivity index (χ0n) is 11.9. The number of nitrogens with zero attached hydrogens (tertiary/aromatic N) is 1. The van der Waals surface area contributed by atoms with Gasteiger partial charge in [0, 0.05) is 18.8 Å². The van der Waals surface area contributed by atoms with Crippen LogP contribution in [0, 0.1) is 6.92 Å². The quantitative estimate of drug-likeness (QED) is 0.826. The summed E-state index contributed by atoms with van der Waals surface area (Å²) in [4.78, 5) is 11.7. The second-order valence-corrected chi connectivity index (χ2v) is 6.14. The smallest absolute Gasteiger partial charge is 0.354 e. The lowest BCUT2D eigenvalue weighted by atomic mass is 10.3. The van der Waals surface area contributed by atoms with Crippen molar-refractivity contribution >= 4 is 16.0 Å². The Morgan fingerprint density at radius 3 is 2.58 bits per heavy atom. The van der Waals surface area contributed by atoms with E-state index in [1.807, 2.05) is 6.92 Å². The molecule has 0 spiro atoms. The molecule has 6 nitrogen and oxygen atoms in total.